The van der Waals surface area contributed by atoms with Crippen molar-refractivity contribution in [1.82, 2.24) is 4.90 Å². The molecule has 6 heteroatoms. The van der Waals surface area contributed by atoms with E-state index in [0.717, 1.165) is 10.3 Å². The van der Waals surface area contributed by atoms with Gasteiger partial charge in [-0.2, -0.15) is 0 Å². The number of imide groups is 1. The molecule has 1 aromatic heterocycles. The molecular weight excluding hydrogens is 362 g/mol. The van der Waals surface area contributed by atoms with Gasteiger partial charge >= 0.3 is 5.97 Å². The third-order valence-electron chi connectivity index (χ3n) is 4.65. The van der Waals surface area contributed by atoms with Crippen LogP contribution in [0.25, 0.3) is 10.8 Å². The molecule has 0 saturated carbocycles. The van der Waals surface area contributed by atoms with Crippen LogP contribution in [0.4, 0.5) is 0 Å². The highest BCUT2D eigenvalue weighted by Gasteiger charge is 2.41. The van der Waals surface area contributed by atoms with E-state index in [2.05, 4.69) is 6.58 Å². The Hall–Kier alpha value is -3.25. The van der Waals surface area contributed by atoms with Gasteiger partial charge in [0.15, 0.2) is 0 Å². The van der Waals surface area contributed by atoms with E-state index in [9.17, 15) is 14.4 Å². The van der Waals surface area contributed by atoms with Gasteiger partial charge in [-0.3, -0.25) is 14.5 Å². The molecule has 0 bridgehead atoms. The summed E-state index contributed by atoms with van der Waals surface area (Å²) in [6.07, 6.45) is 0. The van der Waals surface area contributed by atoms with E-state index in [4.69, 9.17) is 4.74 Å². The second-order valence-corrected chi connectivity index (χ2v) is 7.10. The monoisotopic (exact) mass is 377 g/mol. The molecule has 1 aliphatic rings. The van der Waals surface area contributed by atoms with Crippen molar-refractivity contribution in [2.24, 2.45) is 0 Å². The SMILES string of the molecule is C=C(C(=O)OC)[C@@H](c1cccs1)N1C(=O)c2cccc3cccc(c23)C1=O. The predicted molar refractivity (Wildman–Crippen MR) is 103 cm³/mol. The summed E-state index contributed by atoms with van der Waals surface area (Å²) in [4.78, 5) is 40.5. The van der Waals surface area contributed by atoms with Crippen LogP contribution < -0.4 is 0 Å². The van der Waals surface area contributed by atoms with Crippen LogP contribution in [-0.4, -0.2) is 29.8 Å². The maximum atomic E-state index is 13.3. The fourth-order valence-electron chi connectivity index (χ4n) is 3.43. The maximum Gasteiger partial charge on any atom is 0.335 e. The lowest BCUT2D eigenvalue weighted by Crippen LogP contribution is -2.44. The van der Waals surface area contributed by atoms with E-state index >= 15 is 0 Å². The molecule has 3 aromatic rings. The molecule has 5 nitrogen and oxygen atoms in total. The molecule has 134 valence electrons. The largest absolute Gasteiger partial charge is 0.466 e. The highest BCUT2D eigenvalue weighted by molar-refractivity contribution is 7.10. The Labute approximate surface area is 159 Å². The number of rotatable bonds is 4. The molecule has 0 unspecified atom stereocenters. The lowest BCUT2D eigenvalue weighted by atomic mass is 9.92. The van der Waals surface area contributed by atoms with E-state index in [1.54, 1.807) is 36.4 Å². The zero-order valence-electron chi connectivity index (χ0n) is 14.5. The standard InChI is InChI=1S/C21H15NO4S/c1-12(21(25)26-2)18(16-10-5-11-27-16)22-19(23)14-8-3-6-13-7-4-9-15(17(13)14)20(22)24/h3-11,18H,1H2,2H3/t18-/m0/s1. The van der Waals surface area contributed by atoms with Crippen LogP contribution in [-0.2, 0) is 9.53 Å². The Kier molecular flexibility index (Phi) is 4.12. The first kappa shape index (κ1) is 17.2. The Balaban J connectivity index is 1.92. The van der Waals surface area contributed by atoms with Crippen molar-refractivity contribution in [3.8, 4) is 0 Å². The molecule has 0 radical (unpaired) electrons. The van der Waals surface area contributed by atoms with Gasteiger partial charge in [0.2, 0.25) is 0 Å². The molecule has 0 N–H and O–H groups in total. The predicted octanol–water partition coefficient (Wildman–Crippen LogP) is 3.97. The average molecular weight is 377 g/mol. The molecule has 0 aliphatic carbocycles. The topological polar surface area (TPSA) is 63.7 Å². The molecule has 2 amide bonds. The summed E-state index contributed by atoms with van der Waals surface area (Å²) in [5, 5.41) is 3.28. The van der Waals surface area contributed by atoms with Gasteiger partial charge < -0.3 is 4.74 Å². The number of carbonyl (C=O) groups excluding carboxylic acids is 3. The van der Waals surface area contributed by atoms with Gasteiger partial charge in [-0.05, 0) is 29.0 Å². The Bertz CT molecular complexity index is 1050. The highest BCUT2D eigenvalue weighted by Crippen LogP contribution is 2.38. The number of thiophene rings is 1. The van der Waals surface area contributed by atoms with Crippen LogP contribution >= 0.6 is 11.3 Å². The number of nitrogens with zero attached hydrogens (tertiary/aromatic N) is 1. The molecular formula is C21H15NO4S. The summed E-state index contributed by atoms with van der Waals surface area (Å²) in [6, 6.07) is 13.3. The zero-order chi connectivity index (χ0) is 19.1. The maximum absolute atomic E-state index is 13.3. The number of hydrogen-bond acceptors (Lipinski definition) is 5. The molecule has 1 atom stereocenters. The molecule has 27 heavy (non-hydrogen) atoms. The van der Waals surface area contributed by atoms with Crippen molar-refractivity contribution < 1.29 is 19.1 Å². The summed E-state index contributed by atoms with van der Waals surface area (Å²) in [7, 11) is 1.24. The van der Waals surface area contributed by atoms with Crippen molar-refractivity contribution in [1.29, 1.82) is 0 Å². The summed E-state index contributed by atoms with van der Waals surface area (Å²) >= 11 is 1.34. The average Bonchev–Trinajstić information content (AvgIpc) is 3.22. The lowest BCUT2D eigenvalue weighted by Gasteiger charge is -2.33. The molecule has 4 rings (SSSR count). The fraction of sp³-hybridized carbons (Fsp3) is 0.0952. The van der Waals surface area contributed by atoms with E-state index in [-0.39, 0.29) is 5.57 Å². The van der Waals surface area contributed by atoms with Gasteiger partial charge in [0.25, 0.3) is 11.8 Å². The van der Waals surface area contributed by atoms with Gasteiger partial charge in [-0.25, -0.2) is 4.79 Å². The van der Waals surface area contributed by atoms with Crippen molar-refractivity contribution >= 4 is 39.9 Å². The third kappa shape index (κ3) is 2.57. The van der Waals surface area contributed by atoms with Crippen LogP contribution in [0.2, 0.25) is 0 Å². The quantitative estimate of drug-likeness (QED) is 0.392. The van der Waals surface area contributed by atoms with Crippen molar-refractivity contribution in [3.63, 3.8) is 0 Å². The molecule has 2 aromatic carbocycles. The molecule has 0 saturated heterocycles. The van der Waals surface area contributed by atoms with Gasteiger partial charge in [0.1, 0.15) is 6.04 Å². The van der Waals surface area contributed by atoms with Crippen molar-refractivity contribution in [2.45, 2.75) is 6.04 Å². The number of benzene rings is 2. The molecule has 0 fully saturated rings. The first-order valence-corrected chi connectivity index (χ1v) is 9.12. The van der Waals surface area contributed by atoms with Crippen LogP contribution in [0, 0.1) is 0 Å². The van der Waals surface area contributed by atoms with Crippen LogP contribution in [0.1, 0.15) is 31.6 Å². The second kappa shape index (κ2) is 6.48. The van der Waals surface area contributed by atoms with Crippen molar-refractivity contribution in [3.05, 3.63) is 82.1 Å². The van der Waals surface area contributed by atoms with Crippen LogP contribution in [0.15, 0.2) is 66.1 Å². The van der Waals surface area contributed by atoms with E-state index in [0.29, 0.717) is 21.4 Å². The van der Waals surface area contributed by atoms with Gasteiger partial charge in [0.05, 0.1) is 12.7 Å². The minimum Gasteiger partial charge on any atom is -0.466 e. The lowest BCUT2D eigenvalue weighted by molar-refractivity contribution is -0.136. The van der Waals surface area contributed by atoms with E-state index in [1.807, 2.05) is 17.5 Å². The number of esters is 1. The Morgan fingerprint density at radius 3 is 2.19 bits per heavy atom. The zero-order valence-corrected chi connectivity index (χ0v) is 15.3. The summed E-state index contributed by atoms with van der Waals surface area (Å²) in [5.41, 5.74) is 0.900. The van der Waals surface area contributed by atoms with Gasteiger partial charge in [-0.15, -0.1) is 11.3 Å². The smallest absolute Gasteiger partial charge is 0.335 e. The number of ether oxygens (including phenoxy) is 1. The van der Waals surface area contributed by atoms with Crippen LogP contribution in [0.5, 0.6) is 0 Å². The summed E-state index contributed by atoms with van der Waals surface area (Å²) in [5.74, 6) is -1.56. The fourth-order valence-corrected chi connectivity index (χ4v) is 4.28. The normalized spacial score (nSPS) is 14.3. The first-order valence-electron chi connectivity index (χ1n) is 8.24. The minimum atomic E-state index is -0.916. The Morgan fingerprint density at radius 1 is 1.04 bits per heavy atom. The Morgan fingerprint density at radius 2 is 1.67 bits per heavy atom. The second-order valence-electron chi connectivity index (χ2n) is 6.12. The molecule has 1 aliphatic heterocycles. The van der Waals surface area contributed by atoms with Gasteiger partial charge in [-0.1, -0.05) is 36.9 Å². The van der Waals surface area contributed by atoms with E-state index < -0.39 is 23.8 Å². The highest BCUT2D eigenvalue weighted by atomic mass is 32.1. The van der Waals surface area contributed by atoms with E-state index in [1.165, 1.54) is 18.4 Å². The summed E-state index contributed by atoms with van der Waals surface area (Å²) in [6.45, 7) is 3.82. The number of carbonyl (C=O) groups is 3. The van der Waals surface area contributed by atoms with Gasteiger partial charge in [0, 0.05) is 21.4 Å². The molecule has 0 spiro atoms. The third-order valence-corrected chi connectivity index (χ3v) is 5.58. The number of methoxy groups -OCH3 is 1. The first-order chi connectivity index (χ1) is 13.0. The number of amides is 2. The minimum absolute atomic E-state index is 0.0354. The van der Waals surface area contributed by atoms with Crippen molar-refractivity contribution in [2.75, 3.05) is 7.11 Å². The summed E-state index contributed by atoms with van der Waals surface area (Å²) < 4.78 is 4.80. The number of hydrogen-bond donors (Lipinski definition) is 0. The van der Waals surface area contributed by atoms with Crippen LogP contribution in [0.3, 0.4) is 0 Å². The molecule has 2 heterocycles.